The number of nitriles is 1. The van der Waals surface area contributed by atoms with Crippen molar-refractivity contribution < 1.29 is 14.3 Å². The number of epoxide rings is 1. The summed E-state index contributed by atoms with van der Waals surface area (Å²) in [6, 6.07) is 11.1. The number of hydrogen-bond acceptors (Lipinski definition) is 4. The maximum Gasteiger partial charge on any atom is 0.356 e. The van der Waals surface area contributed by atoms with Gasteiger partial charge in [-0.05, 0) is 12.5 Å². The van der Waals surface area contributed by atoms with Crippen molar-refractivity contribution in [2.75, 3.05) is 6.61 Å². The Hall–Kier alpha value is -1.86. The highest BCUT2D eigenvalue weighted by Gasteiger charge is 2.66. The molecule has 2 atom stereocenters. The van der Waals surface area contributed by atoms with E-state index < -0.39 is 17.7 Å². The van der Waals surface area contributed by atoms with Gasteiger partial charge in [0, 0.05) is 0 Å². The fraction of sp³-hybridized carbons (Fsp3) is 0.333. The highest BCUT2D eigenvalue weighted by Crippen LogP contribution is 2.49. The second kappa shape index (κ2) is 3.95. The largest absolute Gasteiger partial charge is 0.463 e. The molecule has 0 spiro atoms. The van der Waals surface area contributed by atoms with Crippen molar-refractivity contribution in [2.24, 2.45) is 0 Å². The van der Waals surface area contributed by atoms with Gasteiger partial charge in [-0.25, -0.2) is 4.79 Å². The molecule has 82 valence electrons. The van der Waals surface area contributed by atoms with Crippen molar-refractivity contribution in [3.8, 4) is 6.07 Å². The summed E-state index contributed by atoms with van der Waals surface area (Å²) >= 11 is 0. The molecule has 4 heteroatoms. The molecule has 1 aromatic rings. The Kier molecular flexibility index (Phi) is 2.63. The fourth-order valence-electron chi connectivity index (χ4n) is 1.61. The van der Waals surface area contributed by atoms with E-state index in [0.717, 1.165) is 5.56 Å². The van der Waals surface area contributed by atoms with E-state index in [4.69, 9.17) is 14.7 Å². The zero-order valence-corrected chi connectivity index (χ0v) is 8.84. The molecule has 2 rings (SSSR count). The standard InChI is InChI=1S/C12H11NO3/c1-2-15-11(14)12(8-13)10(16-12)9-6-4-3-5-7-9/h3-7,10H,2H2,1H3/t10-,12+/m0/s1. The Morgan fingerprint density at radius 1 is 1.56 bits per heavy atom. The smallest absolute Gasteiger partial charge is 0.356 e. The SMILES string of the molecule is CCOC(=O)[C@]1(C#N)O[C@H]1c1ccccc1. The van der Waals surface area contributed by atoms with Gasteiger partial charge in [-0.1, -0.05) is 30.3 Å². The van der Waals surface area contributed by atoms with Gasteiger partial charge in [-0.15, -0.1) is 0 Å². The van der Waals surface area contributed by atoms with Crippen LogP contribution in [0.4, 0.5) is 0 Å². The van der Waals surface area contributed by atoms with Crippen molar-refractivity contribution >= 4 is 5.97 Å². The molecule has 1 aliphatic rings. The third kappa shape index (κ3) is 1.55. The molecule has 1 saturated heterocycles. The van der Waals surface area contributed by atoms with E-state index in [2.05, 4.69) is 0 Å². The third-order valence-corrected chi connectivity index (χ3v) is 2.46. The number of esters is 1. The summed E-state index contributed by atoms with van der Waals surface area (Å²) in [5, 5.41) is 9.01. The first-order valence-electron chi connectivity index (χ1n) is 5.06. The third-order valence-electron chi connectivity index (χ3n) is 2.46. The van der Waals surface area contributed by atoms with Gasteiger partial charge in [0.15, 0.2) is 0 Å². The molecule has 1 heterocycles. The lowest BCUT2D eigenvalue weighted by Gasteiger charge is -2.03. The molecule has 0 aliphatic carbocycles. The van der Waals surface area contributed by atoms with E-state index in [-0.39, 0.29) is 6.61 Å². The molecule has 0 unspecified atom stereocenters. The molecule has 1 fully saturated rings. The molecule has 0 radical (unpaired) electrons. The maximum absolute atomic E-state index is 11.6. The van der Waals surface area contributed by atoms with Crippen LogP contribution in [0.3, 0.4) is 0 Å². The Morgan fingerprint density at radius 3 is 2.81 bits per heavy atom. The van der Waals surface area contributed by atoms with Crippen LogP contribution in [-0.2, 0) is 14.3 Å². The van der Waals surface area contributed by atoms with E-state index in [0.29, 0.717) is 0 Å². The van der Waals surface area contributed by atoms with E-state index in [1.165, 1.54) is 0 Å². The van der Waals surface area contributed by atoms with Gasteiger partial charge in [0.2, 0.25) is 0 Å². The van der Waals surface area contributed by atoms with Gasteiger partial charge in [-0.3, -0.25) is 0 Å². The molecule has 1 aromatic carbocycles. The number of carbonyl (C=O) groups excluding carboxylic acids is 1. The van der Waals surface area contributed by atoms with Crippen molar-refractivity contribution in [1.29, 1.82) is 5.26 Å². The zero-order chi connectivity index (χ0) is 11.6. The van der Waals surface area contributed by atoms with Gasteiger partial charge in [0.1, 0.15) is 12.2 Å². The Morgan fingerprint density at radius 2 is 2.25 bits per heavy atom. The van der Waals surface area contributed by atoms with Crippen LogP contribution in [0.1, 0.15) is 18.6 Å². The zero-order valence-electron chi connectivity index (χ0n) is 8.84. The number of ether oxygens (including phenoxy) is 2. The molecule has 0 bridgehead atoms. The average molecular weight is 217 g/mol. The number of benzene rings is 1. The Labute approximate surface area is 93.4 Å². The summed E-state index contributed by atoms with van der Waals surface area (Å²) in [6.07, 6.45) is -0.502. The predicted molar refractivity (Wildman–Crippen MR) is 55.2 cm³/mol. The highest BCUT2D eigenvalue weighted by atomic mass is 16.7. The summed E-state index contributed by atoms with van der Waals surface area (Å²) in [5.41, 5.74) is -0.616. The predicted octanol–water partition coefficient (Wildman–Crippen LogP) is 1.58. The van der Waals surface area contributed by atoms with Crippen molar-refractivity contribution in [3.05, 3.63) is 35.9 Å². The van der Waals surface area contributed by atoms with Crippen LogP contribution in [0.25, 0.3) is 0 Å². The van der Waals surface area contributed by atoms with Crippen LogP contribution in [0, 0.1) is 11.3 Å². The molecule has 0 amide bonds. The van der Waals surface area contributed by atoms with Crippen molar-refractivity contribution in [1.82, 2.24) is 0 Å². The number of nitrogens with zero attached hydrogens (tertiary/aromatic N) is 1. The summed E-state index contributed by atoms with van der Waals surface area (Å²) in [7, 11) is 0. The van der Waals surface area contributed by atoms with Gasteiger partial charge in [-0.2, -0.15) is 5.26 Å². The second-order valence-electron chi connectivity index (χ2n) is 3.48. The molecule has 0 aromatic heterocycles. The molecule has 4 nitrogen and oxygen atoms in total. The molecule has 1 aliphatic heterocycles. The van der Waals surface area contributed by atoms with Crippen LogP contribution < -0.4 is 0 Å². The minimum absolute atomic E-state index is 0.243. The van der Waals surface area contributed by atoms with Crippen LogP contribution in [0.15, 0.2) is 30.3 Å². The quantitative estimate of drug-likeness (QED) is 0.569. The summed E-state index contributed by atoms with van der Waals surface area (Å²) in [4.78, 5) is 11.6. The van der Waals surface area contributed by atoms with E-state index >= 15 is 0 Å². The van der Waals surface area contributed by atoms with Gasteiger partial charge in [0.05, 0.1) is 6.61 Å². The Balaban J connectivity index is 2.19. The first-order chi connectivity index (χ1) is 7.74. The monoisotopic (exact) mass is 217 g/mol. The molecule has 16 heavy (non-hydrogen) atoms. The lowest BCUT2D eigenvalue weighted by atomic mass is 10.0. The van der Waals surface area contributed by atoms with Gasteiger partial charge in [0.25, 0.3) is 5.60 Å². The average Bonchev–Trinajstić information content (AvgIpc) is 3.06. The van der Waals surface area contributed by atoms with Gasteiger partial charge < -0.3 is 9.47 Å². The van der Waals surface area contributed by atoms with E-state index in [1.807, 2.05) is 36.4 Å². The van der Waals surface area contributed by atoms with Crippen molar-refractivity contribution in [3.63, 3.8) is 0 Å². The van der Waals surface area contributed by atoms with Crippen LogP contribution >= 0.6 is 0 Å². The lowest BCUT2D eigenvalue weighted by Crippen LogP contribution is -2.26. The summed E-state index contributed by atoms with van der Waals surface area (Å²) < 4.78 is 10.0. The van der Waals surface area contributed by atoms with Crippen molar-refractivity contribution in [2.45, 2.75) is 18.6 Å². The molecular weight excluding hydrogens is 206 g/mol. The summed E-state index contributed by atoms with van der Waals surface area (Å²) in [6.45, 7) is 1.94. The number of carbonyl (C=O) groups is 1. The second-order valence-corrected chi connectivity index (χ2v) is 3.48. The maximum atomic E-state index is 11.6. The number of hydrogen-bond donors (Lipinski definition) is 0. The minimum atomic E-state index is -1.43. The number of rotatable bonds is 3. The molecular formula is C12H11NO3. The van der Waals surface area contributed by atoms with Crippen LogP contribution in [0.2, 0.25) is 0 Å². The minimum Gasteiger partial charge on any atom is -0.463 e. The molecule has 0 N–H and O–H groups in total. The fourth-order valence-corrected chi connectivity index (χ4v) is 1.61. The normalized spacial score (nSPS) is 26.9. The summed E-state index contributed by atoms with van der Waals surface area (Å²) in [5.74, 6) is -0.605. The Bertz CT molecular complexity index is 437. The van der Waals surface area contributed by atoms with E-state index in [1.54, 1.807) is 6.92 Å². The lowest BCUT2D eigenvalue weighted by molar-refractivity contribution is -0.147. The molecule has 0 saturated carbocycles. The topological polar surface area (TPSA) is 62.6 Å². The van der Waals surface area contributed by atoms with Crippen LogP contribution in [0.5, 0.6) is 0 Å². The highest BCUT2D eigenvalue weighted by molar-refractivity contribution is 5.87. The van der Waals surface area contributed by atoms with E-state index in [9.17, 15) is 4.79 Å². The van der Waals surface area contributed by atoms with Gasteiger partial charge >= 0.3 is 5.97 Å². The van der Waals surface area contributed by atoms with Crippen LogP contribution in [-0.4, -0.2) is 18.2 Å². The first kappa shape index (κ1) is 10.7. The first-order valence-corrected chi connectivity index (χ1v) is 5.06.